The van der Waals surface area contributed by atoms with Gasteiger partial charge in [0.2, 0.25) is 0 Å². The fourth-order valence-electron chi connectivity index (χ4n) is 3.16. The summed E-state index contributed by atoms with van der Waals surface area (Å²) in [5.74, 6) is 0.420. The average Bonchev–Trinajstić information content (AvgIpc) is 3.07. The second-order valence-corrected chi connectivity index (χ2v) is 9.57. The summed E-state index contributed by atoms with van der Waals surface area (Å²) in [5, 5.41) is 0.570. The first-order valence-corrected chi connectivity index (χ1v) is 12.0. The van der Waals surface area contributed by atoms with E-state index in [4.69, 9.17) is 32.1 Å². The zero-order chi connectivity index (χ0) is 22.6. The van der Waals surface area contributed by atoms with Gasteiger partial charge in [-0.05, 0) is 24.5 Å². The Morgan fingerprint density at radius 1 is 1.03 bits per heavy atom. The number of rotatable bonds is 9. The van der Waals surface area contributed by atoms with Gasteiger partial charge in [-0.25, -0.2) is 4.98 Å². The number of benzene rings is 2. The number of aromatic nitrogens is 2. The molecular weight excluding hydrogens is 459 g/mol. The van der Waals surface area contributed by atoms with Gasteiger partial charge in [-0.3, -0.25) is 0 Å². The van der Waals surface area contributed by atoms with Gasteiger partial charge in [0.15, 0.2) is 5.03 Å². The van der Waals surface area contributed by atoms with E-state index in [2.05, 4.69) is 4.98 Å². The second-order valence-electron chi connectivity index (χ2n) is 7.24. The first-order chi connectivity index (χ1) is 14.7. The van der Waals surface area contributed by atoms with Crippen LogP contribution in [0.2, 0.25) is 10.0 Å². The molecule has 0 amide bonds. The molecule has 0 fully saturated rings. The monoisotopic (exact) mass is 482 g/mol. The fourth-order valence-corrected chi connectivity index (χ4v) is 5.13. The van der Waals surface area contributed by atoms with E-state index in [0.29, 0.717) is 24.7 Å². The molecule has 0 N–H and O–H groups in total. The van der Waals surface area contributed by atoms with Crippen molar-refractivity contribution in [1.29, 1.82) is 0 Å². The molecule has 3 aromatic rings. The highest BCUT2D eigenvalue weighted by molar-refractivity contribution is 7.87. The molecule has 0 spiro atoms. The molecule has 1 aromatic heterocycles. The van der Waals surface area contributed by atoms with Crippen LogP contribution in [0.1, 0.15) is 43.8 Å². The zero-order valence-corrected chi connectivity index (χ0v) is 19.8. The van der Waals surface area contributed by atoms with Crippen molar-refractivity contribution in [1.82, 2.24) is 9.55 Å². The van der Waals surface area contributed by atoms with Gasteiger partial charge < -0.3 is 13.5 Å². The van der Waals surface area contributed by atoms with Crippen LogP contribution in [0.3, 0.4) is 0 Å². The molecular formula is C22H24Cl2N2O4S. The molecule has 0 saturated carbocycles. The summed E-state index contributed by atoms with van der Waals surface area (Å²) in [7, 11) is -4.19. The number of halogens is 2. The predicted octanol–water partition coefficient (Wildman–Crippen LogP) is 5.82. The maximum atomic E-state index is 13.2. The SMILES string of the molecule is CCn1c(COCc2ccccc2)nc(C(C)C)c1S(=O)(=O)Oc1cc(Cl)cc(Cl)c1. The third-order valence-electron chi connectivity index (χ3n) is 4.51. The molecule has 1 heterocycles. The van der Waals surface area contributed by atoms with E-state index in [1.165, 1.54) is 18.2 Å². The lowest BCUT2D eigenvalue weighted by Gasteiger charge is -2.13. The number of hydrogen-bond donors (Lipinski definition) is 0. The van der Waals surface area contributed by atoms with Crippen molar-refractivity contribution in [2.24, 2.45) is 0 Å². The van der Waals surface area contributed by atoms with Crippen molar-refractivity contribution < 1.29 is 17.3 Å². The average molecular weight is 483 g/mol. The Balaban J connectivity index is 1.92. The normalized spacial score (nSPS) is 11.8. The lowest BCUT2D eigenvalue weighted by molar-refractivity contribution is 0.0989. The lowest BCUT2D eigenvalue weighted by Crippen LogP contribution is -2.18. The first kappa shape index (κ1) is 23.6. The molecule has 0 radical (unpaired) electrons. The van der Waals surface area contributed by atoms with Crippen LogP contribution in [0.15, 0.2) is 53.6 Å². The summed E-state index contributed by atoms with van der Waals surface area (Å²) in [4.78, 5) is 4.58. The molecule has 2 aromatic carbocycles. The smallest absolute Gasteiger partial charge is 0.357 e. The minimum atomic E-state index is -4.19. The van der Waals surface area contributed by atoms with Crippen molar-refractivity contribution in [3.8, 4) is 5.75 Å². The molecule has 0 unspecified atom stereocenters. The largest absolute Gasteiger partial charge is 0.378 e. The quantitative estimate of drug-likeness (QED) is 0.359. The van der Waals surface area contributed by atoms with Crippen LogP contribution in [0.4, 0.5) is 0 Å². The molecule has 3 rings (SSSR count). The van der Waals surface area contributed by atoms with Gasteiger partial charge >= 0.3 is 10.1 Å². The topological polar surface area (TPSA) is 70.4 Å². The van der Waals surface area contributed by atoms with E-state index < -0.39 is 10.1 Å². The van der Waals surface area contributed by atoms with Gasteiger partial charge in [0.25, 0.3) is 0 Å². The molecule has 0 saturated heterocycles. The number of hydrogen-bond acceptors (Lipinski definition) is 5. The minimum Gasteiger partial charge on any atom is -0.378 e. The second kappa shape index (κ2) is 10.0. The van der Waals surface area contributed by atoms with Crippen molar-refractivity contribution in [2.45, 2.75) is 51.5 Å². The van der Waals surface area contributed by atoms with Gasteiger partial charge in [0, 0.05) is 28.7 Å². The van der Waals surface area contributed by atoms with Crippen molar-refractivity contribution in [3.63, 3.8) is 0 Å². The molecule has 9 heteroatoms. The summed E-state index contributed by atoms with van der Waals surface area (Å²) in [6, 6.07) is 14.0. The van der Waals surface area contributed by atoms with Crippen molar-refractivity contribution in [2.75, 3.05) is 0 Å². The van der Waals surface area contributed by atoms with E-state index in [9.17, 15) is 8.42 Å². The predicted molar refractivity (Wildman–Crippen MR) is 121 cm³/mol. The van der Waals surface area contributed by atoms with E-state index in [1.807, 2.05) is 51.1 Å². The standard InChI is InChI=1S/C22H24Cl2N2O4S/c1-4-26-20(14-29-13-16-8-6-5-7-9-16)25-21(15(2)3)22(26)31(27,28)30-19-11-17(23)10-18(24)12-19/h5-12,15H,4,13-14H2,1-3H3. The Morgan fingerprint density at radius 3 is 2.26 bits per heavy atom. The van der Waals surface area contributed by atoms with Crippen LogP contribution in [0.5, 0.6) is 5.75 Å². The van der Waals surface area contributed by atoms with Crippen molar-refractivity contribution >= 4 is 33.3 Å². The number of imidazole rings is 1. The van der Waals surface area contributed by atoms with Gasteiger partial charge in [-0.2, -0.15) is 8.42 Å². The number of ether oxygens (including phenoxy) is 1. The summed E-state index contributed by atoms with van der Waals surface area (Å²) < 4.78 is 39.2. The Morgan fingerprint density at radius 2 is 1.68 bits per heavy atom. The highest BCUT2D eigenvalue weighted by atomic mass is 35.5. The summed E-state index contributed by atoms with van der Waals surface area (Å²) in [5.41, 5.74) is 1.45. The molecule has 0 bridgehead atoms. The molecule has 0 aliphatic carbocycles. The summed E-state index contributed by atoms with van der Waals surface area (Å²) in [6.45, 7) is 6.56. The maximum Gasteiger partial charge on any atom is 0.357 e. The Hall–Kier alpha value is -2.06. The van der Waals surface area contributed by atoms with Gasteiger partial charge in [0.1, 0.15) is 18.2 Å². The Bertz CT molecular complexity index is 1130. The van der Waals surface area contributed by atoms with E-state index in [-0.39, 0.29) is 33.3 Å². The third kappa shape index (κ3) is 5.80. The van der Waals surface area contributed by atoms with Crippen molar-refractivity contribution in [3.05, 3.63) is 75.7 Å². The maximum absolute atomic E-state index is 13.2. The van der Waals surface area contributed by atoms with Crippen LogP contribution in [0.25, 0.3) is 0 Å². The first-order valence-electron chi connectivity index (χ1n) is 9.82. The molecule has 166 valence electrons. The molecule has 0 atom stereocenters. The van der Waals surface area contributed by atoms with Crippen LogP contribution < -0.4 is 4.18 Å². The van der Waals surface area contributed by atoms with Crippen LogP contribution in [-0.2, 0) is 34.6 Å². The van der Waals surface area contributed by atoms with E-state index in [0.717, 1.165) is 5.56 Å². The van der Waals surface area contributed by atoms with Crippen LogP contribution in [0, 0.1) is 0 Å². The molecule has 0 aliphatic heterocycles. The third-order valence-corrected chi connectivity index (χ3v) is 6.26. The van der Waals surface area contributed by atoms with E-state index in [1.54, 1.807) is 4.57 Å². The van der Waals surface area contributed by atoms with E-state index >= 15 is 0 Å². The lowest BCUT2D eigenvalue weighted by atomic mass is 10.1. The van der Waals surface area contributed by atoms with Crippen LogP contribution in [-0.4, -0.2) is 18.0 Å². The van der Waals surface area contributed by atoms with Gasteiger partial charge in [0.05, 0.1) is 12.3 Å². The highest BCUT2D eigenvalue weighted by Gasteiger charge is 2.31. The molecule has 31 heavy (non-hydrogen) atoms. The fraction of sp³-hybridized carbons (Fsp3) is 0.318. The van der Waals surface area contributed by atoms with Gasteiger partial charge in [-0.15, -0.1) is 0 Å². The van der Waals surface area contributed by atoms with Gasteiger partial charge in [-0.1, -0.05) is 67.4 Å². The highest BCUT2D eigenvalue weighted by Crippen LogP contribution is 2.30. The molecule has 6 nitrogen and oxygen atoms in total. The number of nitrogens with zero attached hydrogens (tertiary/aromatic N) is 2. The summed E-state index contributed by atoms with van der Waals surface area (Å²) >= 11 is 12.0. The zero-order valence-electron chi connectivity index (χ0n) is 17.5. The summed E-state index contributed by atoms with van der Waals surface area (Å²) in [6.07, 6.45) is 0. The molecule has 0 aliphatic rings. The Kier molecular flexibility index (Phi) is 7.64. The minimum absolute atomic E-state index is 0.0133. The van der Waals surface area contributed by atoms with Crippen LogP contribution >= 0.6 is 23.2 Å². The Labute approximate surface area is 192 Å².